The van der Waals surface area contributed by atoms with Crippen molar-refractivity contribution in [3.05, 3.63) is 77.7 Å². The molecule has 10 nitrogen and oxygen atoms in total. The van der Waals surface area contributed by atoms with Crippen molar-refractivity contribution in [2.45, 2.75) is 45.4 Å². The number of aliphatic hydroxyl groups is 1. The van der Waals surface area contributed by atoms with Crippen molar-refractivity contribution in [1.29, 1.82) is 0 Å². The van der Waals surface area contributed by atoms with E-state index in [4.69, 9.17) is 19.8 Å². The van der Waals surface area contributed by atoms with Gasteiger partial charge in [-0.2, -0.15) is 0 Å². The quantitative estimate of drug-likeness (QED) is 0.154. The number of hydrogen-bond donors (Lipinski definition) is 4. The molecule has 0 spiro atoms. The van der Waals surface area contributed by atoms with E-state index in [1.165, 1.54) is 0 Å². The van der Waals surface area contributed by atoms with Crippen LogP contribution in [0.5, 0.6) is 0 Å². The Morgan fingerprint density at radius 2 is 2.14 bits per heavy atom. The number of aromatic nitrogens is 2. The summed E-state index contributed by atoms with van der Waals surface area (Å²) in [5, 5.41) is 19.8. The van der Waals surface area contributed by atoms with Gasteiger partial charge in [-0.3, -0.25) is 15.7 Å². The number of pyridine rings is 1. The van der Waals surface area contributed by atoms with Gasteiger partial charge in [-0.25, -0.2) is 0 Å². The highest BCUT2D eigenvalue weighted by Gasteiger charge is 2.37. The molecule has 0 bridgehead atoms. The van der Waals surface area contributed by atoms with Gasteiger partial charge >= 0.3 is 0 Å². The molecule has 0 aromatic carbocycles. The van der Waals surface area contributed by atoms with Crippen molar-refractivity contribution in [3.63, 3.8) is 0 Å². The summed E-state index contributed by atoms with van der Waals surface area (Å²) in [5.74, 6) is 0.529. The molecule has 0 saturated carbocycles. The van der Waals surface area contributed by atoms with Crippen LogP contribution in [-0.4, -0.2) is 55.1 Å². The summed E-state index contributed by atoms with van der Waals surface area (Å²) in [6.45, 7) is 11.7. The van der Waals surface area contributed by atoms with E-state index in [0.717, 1.165) is 49.3 Å². The smallest absolute Gasteiger partial charge is 0.221 e. The lowest BCUT2D eigenvalue weighted by atomic mass is 10.1. The number of amidine groups is 1. The molecular weight excluding hydrogens is 472 g/mol. The molecule has 0 radical (unpaired) electrons. The van der Waals surface area contributed by atoms with Gasteiger partial charge in [0.25, 0.3) is 0 Å². The van der Waals surface area contributed by atoms with Crippen molar-refractivity contribution >= 4 is 18.2 Å². The molecular formula is C27H40N6O4. The van der Waals surface area contributed by atoms with Crippen LogP contribution in [-0.2, 0) is 21.8 Å². The van der Waals surface area contributed by atoms with Gasteiger partial charge in [-0.15, -0.1) is 0 Å². The summed E-state index contributed by atoms with van der Waals surface area (Å²) in [6.07, 6.45) is 11.3. The van der Waals surface area contributed by atoms with Crippen molar-refractivity contribution in [1.82, 2.24) is 20.8 Å². The van der Waals surface area contributed by atoms with Gasteiger partial charge < -0.3 is 29.8 Å². The number of allylic oxidation sites excluding steroid dienone is 4. The average molecular weight is 513 g/mol. The van der Waals surface area contributed by atoms with E-state index in [2.05, 4.69) is 46.2 Å². The van der Waals surface area contributed by atoms with E-state index >= 15 is 0 Å². The van der Waals surface area contributed by atoms with Crippen LogP contribution in [0.25, 0.3) is 5.57 Å². The molecule has 202 valence electrons. The summed E-state index contributed by atoms with van der Waals surface area (Å²) in [4.78, 5) is 16.5. The first-order valence-corrected chi connectivity index (χ1v) is 12.2. The van der Waals surface area contributed by atoms with Crippen LogP contribution in [0, 0.1) is 0 Å². The van der Waals surface area contributed by atoms with E-state index in [-0.39, 0.29) is 0 Å². The topological polar surface area (TPSA) is 148 Å². The van der Waals surface area contributed by atoms with Crippen LogP contribution in [0.3, 0.4) is 0 Å². The number of aliphatic imine (C=N–C) groups is 1. The summed E-state index contributed by atoms with van der Waals surface area (Å²) < 4.78 is 10.5. The van der Waals surface area contributed by atoms with E-state index in [1.807, 2.05) is 38.1 Å². The Morgan fingerprint density at radius 3 is 2.78 bits per heavy atom. The van der Waals surface area contributed by atoms with Crippen LogP contribution in [0.4, 0.5) is 0 Å². The fraction of sp³-hybridized carbons (Fsp3) is 0.407. The van der Waals surface area contributed by atoms with Crippen LogP contribution in [0.2, 0.25) is 0 Å². The Hall–Kier alpha value is -3.60. The van der Waals surface area contributed by atoms with Gasteiger partial charge in [0.05, 0.1) is 12.8 Å². The predicted molar refractivity (Wildman–Crippen MR) is 147 cm³/mol. The van der Waals surface area contributed by atoms with E-state index in [1.54, 1.807) is 25.4 Å². The molecule has 0 amide bonds. The first-order chi connectivity index (χ1) is 17.9. The second kappa shape index (κ2) is 17.0. The molecule has 1 aliphatic heterocycles. The first kappa shape index (κ1) is 31.4. The number of methoxy groups -OCH3 is 1. The van der Waals surface area contributed by atoms with E-state index in [0.29, 0.717) is 29.4 Å². The molecule has 10 heteroatoms. The Kier molecular flexibility index (Phi) is 14.4. The lowest BCUT2D eigenvalue weighted by Gasteiger charge is -2.17. The summed E-state index contributed by atoms with van der Waals surface area (Å²) in [6, 6.07) is 5.42. The molecule has 3 rings (SSSR count). The number of nitrogens with zero attached hydrogens (tertiary/aromatic N) is 3. The third-order valence-electron chi connectivity index (χ3n) is 5.08. The third kappa shape index (κ3) is 10.1. The number of rotatable bonds is 11. The molecule has 1 unspecified atom stereocenters. The van der Waals surface area contributed by atoms with Gasteiger partial charge in [0.1, 0.15) is 18.2 Å². The third-order valence-corrected chi connectivity index (χ3v) is 5.08. The SMILES string of the molecule is C=C(/C=C\C(=C/CC)OC)c1cc(CCC)no1.C=O.CNCCCN=C1NC(N)(O)c2cccnc21. The zero-order chi connectivity index (χ0) is 27.7. The van der Waals surface area contributed by atoms with Gasteiger partial charge in [0, 0.05) is 29.9 Å². The van der Waals surface area contributed by atoms with Crippen molar-refractivity contribution in [2.24, 2.45) is 10.7 Å². The summed E-state index contributed by atoms with van der Waals surface area (Å²) in [5.41, 5.74) is 8.68. The molecule has 2 aromatic rings. The molecule has 1 aliphatic rings. The molecule has 0 fully saturated rings. The number of hydrogen-bond acceptors (Lipinski definition) is 9. The molecule has 1 atom stereocenters. The minimum absolute atomic E-state index is 0.557. The van der Waals surface area contributed by atoms with E-state index in [9.17, 15) is 5.11 Å². The van der Waals surface area contributed by atoms with Crippen molar-refractivity contribution in [3.8, 4) is 0 Å². The number of nitrogens with one attached hydrogen (secondary N) is 2. The molecule has 37 heavy (non-hydrogen) atoms. The Labute approximate surface area is 219 Å². The second-order valence-corrected chi connectivity index (χ2v) is 7.99. The van der Waals surface area contributed by atoms with Gasteiger partial charge in [0.15, 0.2) is 11.6 Å². The fourth-order valence-electron chi connectivity index (χ4n) is 3.29. The molecule has 2 aromatic heterocycles. The molecule has 3 heterocycles. The maximum atomic E-state index is 9.95. The Bertz CT molecular complexity index is 1060. The Morgan fingerprint density at radius 1 is 1.38 bits per heavy atom. The largest absolute Gasteiger partial charge is 0.497 e. The maximum absolute atomic E-state index is 9.95. The van der Waals surface area contributed by atoms with Gasteiger partial charge in [0.2, 0.25) is 5.85 Å². The average Bonchev–Trinajstić information content (AvgIpc) is 3.48. The second-order valence-electron chi connectivity index (χ2n) is 7.99. The van der Waals surface area contributed by atoms with Crippen LogP contribution in [0.1, 0.15) is 55.8 Å². The lowest BCUT2D eigenvalue weighted by Crippen LogP contribution is -2.47. The fourth-order valence-corrected chi connectivity index (χ4v) is 3.29. The number of nitrogens with two attached hydrogens (primary N) is 1. The van der Waals surface area contributed by atoms with Crippen molar-refractivity contribution < 1.29 is 19.2 Å². The standard InChI is InChI=1S/C15H21NO2.C11H17N5O.CH2O/c1-5-7-13-11-15(18-16-13)12(3)9-10-14(17-4)8-6-2;1-13-5-3-7-15-10-9-8(4-2-6-14-9)11(12,17)16-10;1-2/h8-11H,3,5-7H2,1-2,4H3;2,4,6,13,17H,3,5,7,12H2,1H3,(H,15,16);1H2/b10-9-,14-8+;;. The summed E-state index contributed by atoms with van der Waals surface area (Å²) >= 11 is 0. The number of aryl methyl sites for hydroxylation is 1. The highest BCUT2D eigenvalue weighted by atomic mass is 16.5. The summed E-state index contributed by atoms with van der Waals surface area (Å²) in [7, 11) is 3.55. The first-order valence-electron chi connectivity index (χ1n) is 12.2. The number of fused-ring (bicyclic) bond motifs is 1. The normalized spacial score (nSPS) is 17.4. The number of carbonyl (C=O) groups excluding carboxylic acids is 1. The number of ether oxygens (including phenoxy) is 1. The zero-order valence-corrected chi connectivity index (χ0v) is 22.3. The highest BCUT2D eigenvalue weighted by Crippen LogP contribution is 2.23. The van der Waals surface area contributed by atoms with Crippen LogP contribution >= 0.6 is 0 Å². The lowest BCUT2D eigenvalue weighted by molar-refractivity contribution is -0.0980. The molecule has 0 aliphatic carbocycles. The van der Waals surface area contributed by atoms with Gasteiger partial charge in [-0.1, -0.05) is 32.0 Å². The monoisotopic (exact) mass is 512 g/mol. The van der Waals surface area contributed by atoms with Crippen molar-refractivity contribution in [2.75, 3.05) is 27.2 Å². The van der Waals surface area contributed by atoms with Gasteiger partial charge in [-0.05, 0) is 63.2 Å². The highest BCUT2D eigenvalue weighted by molar-refractivity contribution is 6.01. The van der Waals surface area contributed by atoms with E-state index < -0.39 is 5.85 Å². The molecule has 5 N–H and O–H groups in total. The van der Waals surface area contributed by atoms with Crippen LogP contribution in [0.15, 0.2) is 64.5 Å². The Balaban J connectivity index is 0.000000347. The number of carbonyl (C=O) groups is 1. The van der Waals surface area contributed by atoms with Crippen LogP contribution < -0.4 is 16.4 Å². The predicted octanol–water partition coefficient (Wildman–Crippen LogP) is 3.05. The minimum atomic E-state index is -1.56. The zero-order valence-electron chi connectivity index (χ0n) is 22.3. The molecule has 0 saturated heterocycles. The maximum Gasteiger partial charge on any atom is 0.221 e. The minimum Gasteiger partial charge on any atom is -0.497 e.